The smallest absolute Gasteiger partial charge is 0.203 e. The van der Waals surface area contributed by atoms with Gasteiger partial charge in [0, 0.05) is 10.9 Å². The van der Waals surface area contributed by atoms with Crippen LogP contribution in [-0.2, 0) is 0 Å². The van der Waals surface area contributed by atoms with Crippen LogP contribution in [0.3, 0.4) is 0 Å². The normalized spacial score (nSPS) is 11.6. The average molecular weight is 329 g/mol. The summed E-state index contributed by atoms with van der Waals surface area (Å²) in [4.78, 5) is 4.53. The van der Waals surface area contributed by atoms with Gasteiger partial charge in [0.25, 0.3) is 0 Å². The van der Waals surface area contributed by atoms with Crippen molar-refractivity contribution in [3.05, 3.63) is 47.0 Å². The zero-order chi connectivity index (χ0) is 15.5. The average Bonchev–Trinajstić information content (AvgIpc) is 3.13. The standard InChI is InChI=1S/C15H15N5S2/c1-9(13-10(2)20-22-14(13)16)18-19-15-17-12(8-21-15)11-6-4-3-5-7-11/h3-8H,16H2,1-2H3,(H,17,19)/b18-9-. The van der Waals surface area contributed by atoms with E-state index in [-0.39, 0.29) is 0 Å². The van der Waals surface area contributed by atoms with Crippen LogP contribution in [0, 0.1) is 6.92 Å². The molecule has 0 aliphatic heterocycles. The van der Waals surface area contributed by atoms with Gasteiger partial charge in [-0.1, -0.05) is 30.3 Å². The van der Waals surface area contributed by atoms with Crippen LogP contribution >= 0.6 is 22.9 Å². The first-order valence-corrected chi connectivity index (χ1v) is 8.34. The number of anilines is 2. The number of thiazole rings is 1. The fourth-order valence-corrected chi connectivity index (χ4v) is 3.46. The van der Waals surface area contributed by atoms with E-state index in [2.05, 4.69) is 19.9 Å². The summed E-state index contributed by atoms with van der Waals surface area (Å²) in [5.74, 6) is 0. The molecule has 7 heteroatoms. The minimum atomic E-state index is 0.685. The van der Waals surface area contributed by atoms with Crippen molar-refractivity contribution in [2.45, 2.75) is 13.8 Å². The van der Waals surface area contributed by atoms with Gasteiger partial charge in [-0.15, -0.1) is 11.3 Å². The van der Waals surface area contributed by atoms with Crippen LogP contribution in [-0.4, -0.2) is 15.1 Å². The van der Waals surface area contributed by atoms with E-state index in [9.17, 15) is 0 Å². The molecule has 0 unspecified atom stereocenters. The number of hydrogen-bond acceptors (Lipinski definition) is 7. The summed E-state index contributed by atoms with van der Waals surface area (Å²) in [5, 5.41) is 7.81. The van der Waals surface area contributed by atoms with Gasteiger partial charge < -0.3 is 5.73 Å². The van der Waals surface area contributed by atoms with E-state index < -0.39 is 0 Å². The predicted octanol–water partition coefficient (Wildman–Crippen LogP) is 3.99. The summed E-state index contributed by atoms with van der Waals surface area (Å²) in [6, 6.07) is 10.1. The van der Waals surface area contributed by atoms with Gasteiger partial charge >= 0.3 is 0 Å². The van der Waals surface area contributed by atoms with E-state index >= 15 is 0 Å². The van der Waals surface area contributed by atoms with E-state index in [0.29, 0.717) is 5.00 Å². The third-order valence-electron chi connectivity index (χ3n) is 3.14. The van der Waals surface area contributed by atoms with Gasteiger partial charge in [-0.2, -0.15) is 9.47 Å². The second-order valence-corrected chi connectivity index (χ2v) is 6.38. The van der Waals surface area contributed by atoms with Gasteiger partial charge in [0.15, 0.2) is 0 Å². The fraction of sp³-hybridized carbons (Fsp3) is 0.133. The second kappa shape index (κ2) is 6.25. The molecular formula is C15H15N5S2. The number of aromatic nitrogens is 2. The fourth-order valence-electron chi connectivity index (χ4n) is 2.08. The molecule has 112 valence electrons. The summed E-state index contributed by atoms with van der Waals surface area (Å²) < 4.78 is 4.23. The Labute approximate surface area is 136 Å². The van der Waals surface area contributed by atoms with Gasteiger partial charge in [-0.25, -0.2) is 4.98 Å². The lowest BCUT2D eigenvalue weighted by molar-refractivity contribution is 1.26. The molecule has 0 atom stereocenters. The molecule has 0 aliphatic rings. The zero-order valence-electron chi connectivity index (χ0n) is 12.2. The van der Waals surface area contributed by atoms with Crippen LogP contribution in [0.4, 0.5) is 10.1 Å². The molecule has 0 spiro atoms. The van der Waals surface area contributed by atoms with E-state index in [4.69, 9.17) is 5.73 Å². The first-order chi connectivity index (χ1) is 10.6. The number of hydrogen-bond donors (Lipinski definition) is 2. The van der Waals surface area contributed by atoms with Crippen LogP contribution in [0.2, 0.25) is 0 Å². The monoisotopic (exact) mass is 329 g/mol. The highest BCUT2D eigenvalue weighted by Crippen LogP contribution is 2.25. The molecular weight excluding hydrogens is 314 g/mol. The molecule has 3 rings (SSSR count). The van der Waals surface area contributed by atoms with Crippen molar-refractivity contribution >= 4 is 38.7 Å². The highest BCUT2D eigenvalue weighted by molar-refractivity contribution is 7.14. The number of rotatable bonds is 4. The summed E-state index contributed by atoms with van der Waals surface area (Å²) in [7, 11) is 0. The maximum atomic E-state index is 5.93. The number of nitrogens with zero attached hydrogens (tertiary/aromatic N) is 3. The number of hydrazone groups is 1. The molecule has 1 aromatic carbocycles. The van der Waals surface area contributed by atoms with Crippen LogP contribution in [0.1, 0.15) is 18.2 Å². The molecule has 0 saturated carbocycles. The third-order valence-corrected chi connectivity index (χ3v) is 4.66. The van der Waals surface area contributed by atoms with Gasteiger partial charge in [0.2, 0.25) is 5.13 Å². The molecule has 0 radical (unpaired) electrons. The first kappa shape index (κ1) is 14.7. The van der Waals surface area contributed by atoms with Crippen molar-refractivity contribution < 1.29 is 0 Å². The number of aryl methyl sites for hydroxylation is 1. The van der Waals surface area contributed by atoms with Crippen LogP contribution in [0.25, 0.3) is 11.3 Å². The minimum Gasteiger partial charge on any atom is -0.389 e. The van der Waals surface area contributed by atoms with Gasteiger partial charge in [0.05, 0.1) is 22.7 Å². The largest absolute Gasteiger partial charge is 0.389 e. The Kier molecular flexibility index (Phi) is 4.17. The maximum Gasteiger partial charge on any atom is 0.203 e. The maximum absolute atomic E-state index is 5.93. The molecule has 0 bridgehead atoms. The quantitative estimate of drug-likeness (QED) is 0.560. The van der Waals surface area contributed by atoms with Crippen molar-refractivity contribution in [2.24, 2.45) is 5.10 Å². The van der Waals surface area contributed by atoms with Crippen molar-refractivity contribution in [3.8, 4) is 11.3 Å². The Morgan fingerprint density at radius 1 is 1.27 bits per heavy atom. The summed E-state index contributed by atoms with van der Waals surface area (Å²) >= 11 is 2.81. The molecule has 0 saturated heterocycles. The lowest BCUT2D eigenvalue weighted by Gasteiger charge is -2.01. The SMILES string of the molecule is C/C(=N/Nc1nc(-c2ccccc2)cs1)c1c(C)nsc1N. The molecule has 0 fully saturated rings. The van der Waals surface area contributed by atoms with Crippen molar-refractivity contribution in [3.63, 3.8) is 0 Å². The molecule has 5 nitrogen and oxygen atoms in total. The zero-order valence-corrected chi connectivity index (χ0v) is 13.8. The second-order valence-electron chi connectivity index (χ2n) is 4.72. The van der Waals surface area contributed by atoms with Gasteiger partial charge in [0.1, 0.15) is 5.00 Å². The Morgan fingerprint density at radius 3 is 2.73 bits per heavy atom. The highest BCUT2D eigenvalue weighted by Gasteiger charge is 2.11. The Morgan fingerprint density at radius 2 is 2.05 bits per heavy atom. The highest BCUT2D eigenvalue weighted by atomic mass is 32.1. The molecule has 0 aliphatic carbocycles. The summed E-state index contributed by atoms with van der Waals surface area (Å²) in [6.45, 7) is 3.84. The summed E-state index contributed by atoms with van der Waals surface area (Å²) in [5.41, 5.74) is 13.6. The van der Waals surface area contributed by atoms with E-state index in [1.165, 1.54) is 22.9 Å². The topological polar surface area (TPSA) is 76.2 Å². The third kappa shape index (κ3) is 3.00. The van der Waals surface area contributed by atoms with Crippen LogP contribution in [0.15, 0.2) is 40.8 Å². The Hall–Kier alpha value is -2.25. The predicted molar refractivity (Wildman–Crippen MR) is 94.6 cm³/mol. The Balaban J connectivity index is 1.77. The van der Waals surface area contributed by atoms with Crippen LogP contribution in [0.5, 0.6) is 0 Å². The first-order valence-electron chi connectivity index (χ1n) is 6.68. The summed E-state index contributed by atoms with van der Waals surface area (Å²) in [6.07, 6.45) is 0. The molecule has 2 heterocycles. The Bertz CT molecular complexity index is 785. The molecule has 0 amide bonds. The lowest BCUT2D eigenvalue weighted by Crippen LogP contribution is -2.03. The van der Waals surface area contributed by atoms with Crippen molar-refractivity contribution in [2.75, 3.05) is 11.2 Å². The minimum absolute atomic E-state index is 0.685. The molecule has 3 aromatic rings. The van der Waals surface area contributed by atoms with Crippen molar-refractivity contribution in [1.29, 1.82) is 0 Å². The molecule has 2 aromatic heterocycles. The van der Waals surface area contributed by atoms with Crippen molar-refractivity contribution in [1.82, 2.24) is 9.36 Å². The molecule has 3 N–H and O–H groups in total. The number of nitrogen functional groups attached to an aromatic ring is 1. The lowest BCUT2D eigenvalue weighted by atomic mass is 10.2. The van der Waals surface area contributed by atoms with E-state index in [1.807, 2.05) is 49.6 Å². The van der Waals surface area contributed by atoms with Gasteiger partial charge in [-0.05, 0) is 25.4 Å². The number of benzene rings is 1. The van der Waals surface area contributed by atoms with Crippen LogP contribution < -0.4 is 11.2 Å². The van der Waals surface area contributed by atoms with Gasteiger partial charge in [-0.3, -0.25) is 5.43 Å². The van der Waals surface area contributed by atoms with E-state index in [0.717, 1.165) is 33.4 Å². The number of nitrogens with two attached hydrogens (primary N) is 1. The molecule has 22 heavy (non-hydrogen) atoms. The van der Waals surface area contributed by atoms with E-state index in [1.54, 1.807) is 0 Å². The number of nitrogens with one attached hydrogen (secondary N) is 1.